The first kappa shape index (κ1) is 15.5. The number of nitrogens with two attached hydrogens (primary N) is 1. The molecule has 16 heavy (non-hydrogen) atoms. The number of halogens is 1. The highest BCUT2D eigenvalue weighted by Crippen LogP contribution is 2.28. The van der Waals surface area contributed by atoms with Crippen molar-refractivity contribution in [3.05, 3.63) is 0 Å². The van der Waals surface area contributed by atoms with Gasteiger partial charge in [-0.15, -0.1) is 24.0 Å². The molecule has 1 rings (SSSR count). The van der Waals surface area contributed by atoms with Crippen LogP contribution in [-0.2, 0) is 4.79 Å². The third kappa shape index (κ3) is 6.86. The lowest BCUT2D eigenvalue weighted by molar-refractivity contribution is -0.122. The predicted octanol–water partition coefficient (Wildman–Crippen LogP) is 0.443. The highest BCUT2D eigenvalue weighted by molar-refractivity contribution is 14.0. The van der Waals surface area contributed by atoms with Gasteiger partial charge in [0.15, 0.2) is 5.96 Å². The molecule has 0 atom stereocenters. The van der Waals surface area contributed by atoms with E-state index < -0.39 is 0 Å². The van der Waals surface area contributed by atoms with Crippen molar-refractivity contribution in [2.45, 2.75) is 32.7 Å². The first-order valence-corrected chi connectivity index (χ1v) is 5.43. The summed E-state index contributed by atoms with van der Waals surface area (Å²) < 4.78 is 0. The van der Waals surface area contributed by atoms with Gasteiger partial charge in [0.05, 0.1) is 6.54 Å². The lowest BCUT2D eigenvalue weighted by Crippen LogP contribution is -2.37. The summed E-state index contributed by atoms with van der Waals surface area (Å²) in [6.45, 7) is 5.09. The number of amides is 1. The van der Waals surface area contributed by atoms with E-state index in [1.807, 2.05) is 13.8 Å². The molecule has 1 fully saturated rings. The Morgan fingerprint density at radius 1 is 1.50 bits per heavy atom. The highest BCUT2D eigenvalue weighted by Gasteiger charge is 2.28. The minimum atomic E-state index is 0. The SMILES string of the molecule is CC(C)NC(N)=NCCNC(=O)C1CC1.I. The number of hydrogen-bond donors (Lipinski definition) is 3. The normalized spacial score (nSPS) is 15.6. The molecular formula is C10H21IN4O. The number of guanidine groups is 1. The first-order valence-electron chi connectivity index (χ1n) is 5.43. The van der Waals surface area contributed by atoms with Gasteiger partial charge in [-0.1, -0.05) is 0 Å². The molecule has 1 amide bonds. The van der Waals surface area contributed by atoms with Crippen LogP contribution in [0.4, 0.5) is 0 Å². The second-order valence-electron chi connectivity index (χ2n) is 4.13. The molecule has 5 nitrogen and oxygen atoms in total. The summed E-state index contributed by atoms with van der Waals surface area (Å²) in [6, 6.07) is 0.287. The number of carbonyl (C=O) groups excluding carboxylic acids is 1. The van der Waals surface area contributed by atoms with E-state index in [1.54, 1.807) is 0 Å². The van der Waals surface area contributed by atoms with Crippen LogP contribution in [0.5, 0.6) is 0 Å². The summed E-state index contributed by atoms with van der Waals surface area (Å²) >= 11 is 0. The van der Waals surface area contributed by atoms with Crippen LogP contribution in [0.15, 0.2) is 4.99 Å². The van der Waals surface area contributed by atoms with Gasteiger partial charge in [0, 0.05) is 18.5 Å². The van der Waals surface area contributed by atoms with Gasteiger partial charge in [0.1, 0.15) is 0 Å². The molecule has 1 aliphatic rings. The first-order chi connectivity index (χ1) is 7.09. The van der Waals surface area contributed by atoms with E-state index in [0.29, 0.717) is 19.0 Å². The van der Waals surface area contributed by atoms with Gasteiger partial charge in [-0.3, -0.25) is 9.79 Å². The van der Waals surface area contributed by atoms with E-state index in [0.717, 1.165) is 12.8 Å². The number of aliphatic imine (C=N–C) groups is 1. The van der Waals surface area contributed by atoms with Crippen molar-refractivity contribution < 1.29 is 4.79 Å². The molecular weight excluding hydrogens is 319 g/mol. The van der Waals surface area contributed by atoms with Crippen LogP contribution in [0.3, 0.4) is 0 Å². The molecule has 0 aromatic carbocycles. The Labute approximate surface area is 114 Å². The summed E-state index contributed by atoms with van der Waals surface area (Å²) in [7, 11) is 0. The molecule has 0 heterocycles. The quantitative estimate of drug-likeness (QED) is 0.294. The fraction of sp³-hybridized carbons (Fsp3) is 0.800. The Hall–Kier alpha value is -0.530. The minimum Gasteiger partial charge on any atom is -0.370 e. The average molecular weight is 340 g/mol. The molecule has 0 bridgehead atoms. The van der Waals surface area contributed by atoms with Crippen molar-refractivity contribution in [3.63, 3.8) is 0 Å². The Bertz CT molecular complexity index is 251. The zero-order valence-electron chi connectivity index (χ0n) is 9.82. The van der Waals surface area contributed by atoms with Crippen LogP contribution < -0.4 is 16.4 Å². The molecule has 0 unspecified atom stereocenters. The van der Waals surface area contributed by atoms with E-state index in [2.05, 4.69) is 15.6 Å². The molecule has 0 spiro atoms. The van der Waals surface area contributed by atoms with Gasteiger partial charge in [-0.05, 0) is 26.7 Å². The van der Waals surface area contributed by atoms with Gasteiger partial charge >= 0.3 is 0 Å². The summed E-state index contributed by atoms with van der Waals surface area (Å²) in [5, 5.41) is 5.80. The van der Waals surface area contributed by atoms with Crippen LogP contribution in [0.2, 0.25) is 0 Å². The minimum absolute atomic E-state index is 0. The summed E-state index contributed by atoms with van der Waals surface area (Å²) in [4.78, 5) is 15.3. The molecule has 0 aliphatic heterocycles. The van der Waals surface area contributed by atoms with Crippen LogP contribution in [-0.4, -0.2) is 31.0 Å². The molecule has 1 aliphatic carbocycles. The van der Waals surface area contributed by atoms with Crippen molar-refractivity contribution in [3.8, 4) is 0 Å². The van der Waals surface area contributed by atoms with E-state index in [-0.39, 0.29) is 41.8 Å². The van der Waals surface area contributed by atoms with E-state index in [9.17, 15) is 4.79 Å². The van der Waals surface area contributed by atoms with Gasteiger partial charge in [0.2, 0.25) is 5.91 Å². The monoisotopic (exact) mass is 340 g/mol. The smallest absolute Gasteiger partial charge is 0.223 e. The lowest BCUT2D eigenvalue weighted by Gasteiger charge is -2.08. The van der Waals surface area contributed by atoms with Crippen molar-refractivity contribution >= 4 is 35.8 Å². The van der Waals surface area contributed by atoms with E-state index in [1.165, 1.54) is 0 Å². The second-order valence-corrected chi connectivity index (χ2v) is 4.13. The zero-order chi connectivity index (χ0) is 11.3. The third-order valence-corrected chi connectivity index (χ3v) is 2.08. The van der Waals surface area contributed by atoms with Crippen LogP contribution in [0.25, 0.3) is 0 Å². The van der Waals surface area contributed by atoms with Crippen molar-refractivity contribution in [1.29, 1.82) is 0 Å². The van der Waals surface area contributed by atoms with Crippen LogP contribution in [0, 0.1) is 5.92 Å². The third-order valence-electron chi connectivity index (χ3n) is 2.08. The summed E-state index contributed by atoms with van der Waals surface area (Å²) in [5.74, 6) is 0.853. The van der Waals surface area contributed by atoms with Crippen LogP contribution in [0.1, 0.15) is 26.7 Å². The van der Waals surface area contributed by atoms with Gasteiger partial charge in [-0.25, -0.2) is 0 Å². The van der Waals surface area contributed by atoms with Crippen molar-refractivity contribution in [2.24, 2.45) is 16.6 Å². The van der Waals surface area contributed by atoms with Gasteiger partial charge < -0.3 is 16.4 Å². The van der Waals surface area contributed by atoms with Crippen molar-refractivity contribution in [2.75, 3.05) is 13.1 Å². The van der Waals surface area contributed by atoms with Gasteiger partial charge in [-0.2, -0.15) is 0 Å². The highest BCUT2D eigenvalue weighted by atomic mass is 127. The zero-order valence-corrected chi connectivity index (χ0v) is 12.2. The fourth-order valence-electron chi connectivity index (χ4n) is 1.19. The maximum Gasteiger partial charge on any atom is 0.223 e. The molecule has 1 saturated carbocycles. The average Bonchev–Trinajstić information content (AvgIpc) is 2.93. The summed E-state index contributed by atoms with van der Waals surface area (Å²) in [5.41, 5.74) is 5.59. The Kier molecular flexibility index (Phi) is 7.44. The fourth-order valence-corrected chi connectivity index (χ4v) is 1.19. The largest absolute Gasteiger partial charge is 0.370 e. The maximum absolute atomic E-state index is 11.2. The summed E-state index contributed by atoms with van der Waals surface area (Å²) in [6.07, 6.45) is 2.07. The predicted molar refractivity (Wildman–Crippen MR) is 75.9 cm³/mol. The Balaban J connectivity index is 0.00000225. The number of rotatable bonds is 5. The van der Waals surface area contributed by atoms with Crippen LogP contribution >= 0.6 is 24.0 Å². The lowest BCUT2D eigenvalue weighted by atomic mass is 10.4. The maximum atomic E-state index is 11.2. The van der Waals surface area contributed by atoms with Crippen molar-refractivity contribution in [1.82, 2.24) is 10.6 Å². The van der Waals surface area contributed by atoms with E-state index in [4.69, 9.17) is 5.73 Å². The molecule has 0 radical (unpaired) electrons. The molecule has 6 heteroatoms. The number of nitrogens with zero attached hydrogens (tertiary/aromatic N) is 1. The number of nitrogens with one attached hydrogen (secondary N) is 2. The number of hydrogen-bond acceptors (Lipinski definition) is 2. The molecule has 0 saturated heterocycles. The standard InChI is InChI=1S/C10H20N4O.HI/c1-7(2)14-10(11)13-6-5-12-9(15)8-3-4-8;/h7-8H,3-6H2,1-2H3,(H,12,15)(H3,11,13,14);1H. The second kappa shape index (κ2) is 7.70. The Morgan fingerprint density at radius 2 is 2.12 bits per heavy atom. The van der Waals surface area contributed by atoms with E-state index >= 15 is 0 Å². The molecule has 0 aromatic rings. The van der Waals surface area contributed by atoms with Gasteiger partial charge in [0.25, 0.3) is 0 Å². The molecule has 94 valence electrons. The Morgan fingerprint density at radius 3 is 2.62 bits per heavy atom. The number of carbonyl (C=O) groups is 1. The molecule has 0 aromatic heterocycles. The molecule has 4 N–H and O–H groups in total. The topological polar surface area (TPSA) is 79.5 Å².